The maximum absolute atomic E-state index is 12.0. The number of aryl methyl sites for hydroxylation is 1. The third-order valence-electron chi connectivity index (χ3n) is 8.67. The van der Waals surface area contributed by atoms with Gasteiger partial charge in [-0.2, -0.15) is 10.2 Å². The van der Waals surface area contributed by atoms with Gasteiger partial charge in [-0.3, -0.25) is 9.48 Å². The van der Waals surface area contributed by atoms with Gasteiger partial charge < -0.3 is 21.1 Å². The minimum absolute atomic E-state index is 0.0182. The first-order valence-electron chi connectivity index (χ1n) is 13.7. The lowest BCUT2D eigenvalue weighted by atomic mass is 9.60. The molecule has 1 saturated carbocycles. The molecule has 2 fully saturated rings. The van der Waals surface area contributed by atoms with Crippen molar-refractivity contribution in [1.82, 2.24) is 29.4 Å². The largest absolute Gasteiger partial charge is 0.398 e. The number of anilines is 2. The molecule has 10 nitrogen and oxygen atoms in total. The van der Waals surface area contributed by atoms with Crippen molar-refractivity contribution in [3.8, 4) is 11.3 Å². The first kappa shape index (κ1) is 25.8. The van der Waals surface area contributed by atoms with Gasteiger partial charge in [-0.15, -0.1) is 0 Å². The number of nitrogen functional groups attached to an aromatic ring is 2. The summed E-state index contributed by atoms with van der Waals surface area (Å²) < 4.78 is 9.11. The number of amides is 1. The molecule has 0 radical (unpaired) electrons. The van der Waals surface area contributed by atoms with E-state index < -0.39 is 0 Å². The number of benzene rings is 2. The lowest BCUT2D eigenvalue weighted by Crippen LogP contribution is -2.63. The van der Waals surface area contributed by atoms with Crippen molar-refractivity contribution >= 4 is 61.7 Å². The molecular formula is C30H31ClN8O2. The van der Waals surface area contributed by atoms with E-state index in [0.29, 0.717) is 40.7 Å². The number of pyridine rings is 1. The molecule has 2 aromatic carbocycles. The molecule has 1 aliphatic heterocycles. The highest BCUT2D eigenvalue weighted by Gasteiger charge is 2.54. The summed E-state index contributed by atoms with van der Waals surface area (Å²) in [7, 11) is 1.68. The van der Waals surface area contributed by atoms with Crippen LogP contribution in [0.2, 0.25) is 5.02 Å². The fourth-order valence-corrected chi connectivity index (χ4v) is 6.91. The van der Waals surface area contributed by atoms with E-state index in [0.717, 1.165) is 64.4 Å². The van der Waals surface area contributed by atoms with Gasteiger partial charge in [-0.25, -0.2) is 9.67 Å². The highest BCUT2D eigenvalue weighted by atomic mass is 35.5. The van der Waals surface area contributed by atoms with E-state index in [2.05, 4.69) is 17.7 Å². The molecule has 1 aliphatic carbocycles. The maximum atomic E-state index is 12.0. The van der Waals surface area contributed by atoms with Gasteiger partial charge in [0.15, 0.2) is 5.65 Å². The number of halogens is 1. The lowest BCUT2D eigenvalue weighted by molar-refractivity contribution is -0.148. The topological polar surface area (TPSA) is 130 Å². The van der Waals surface area contributed by atoms with Crippen LogP contribution in [0.25, 0.3) is 44.0 Å². The zero-order valence-electron chi connectivity index (χ0n) is 23.0. The Morgan fingerprint density at radius 1 is 1.20 bits per heavy atom. The highest BCUT2D eigenvalue weighted by molar-refractivity contribution is 6.40. The predicted molar refractivity (Wildman–Crippen MR) is 162 cm³/mol. The van der Waals surface area contributed by atoms with Crippen LogP contribution in [0.15, 0.2) is 43.1 Å². The molecule has 1 spiro atoms. The van der Waals surface area contributed by atoms with Gasteiger partial charge in [-0.05, 0) is 49.6 Å². The Balaban J connectivity index is 1.38. The molecule has 210 valence electrons. The number of fused-ring (bicyclic) bond motifs is 4. The number of nitrogens with zero attached hydrogens (tertiary/aromatic N) is 6. The van der Waals surface area contributed by atoms with Gasteiger partial charge in [0.25, 0.3) is 0 Å². The second-order valence-electron chi connectivity index (χ2n) is 11.5. The van der Waals surface area contributed by atoms with Crippen LogP contribution >= 0.6 is 11.6 Å². The average Bonchev–Trinajstić information content (AvgIpc) is 3.49. The Bertz CT molecular complexity index is 1890. The van der Waals surface area contributed by atoms with Crippen molar-refractivity contribution < 1.29 is 9.53 Å². The maximum Gasteiger partial charge on any atom is 0.245 e. The molecule has 1 saturated heterocycles. The number of carbonyl (C=O) groups is 1. The van der Waals surface area contributed by atoms with Crippen molar-refractivity contribution in [3.05, 3.63) is 53.7 Å². The van der Waals surface area contributed by atoms with Gasteiger partial charge in [0.05, 0.1) is 35.1 Å². The summed E-state index contributed by atoms with van der Waals surface area (Å²) in [5, 5.41) is 13.7. The number of likely N-dealkylation sites (tertiary alicyclic amines) is 1. The molecule has 1 amide bonds. The van der Waals surface area contributed by atoms with Crippen molar-refractivity contribution in [2.45, 2.75) is 32.4 Å². The summed E-state index contributed by atoms with van der Waals surface area (Å²) in [6.45, 7) is 8.28. The third-order valence-corrected chi connectivity index (χ3v) is 9.15. The van der Waals surface area contributed by atoms with Crippen LogP contribution in [0, 0.1) is 12.3 Å². The second-order valence-corrected chi connectivity index (χ2v) is 11.8. The lowest BCUT2D eigenvalue weighted by Gasteiger charge is -2.58. The van der Waals surface area contributed by atoms with Crippen LogP contribution in [0.3, 0.4) is 0 Å². The number of hydrogen-bond donors (Lipinski definition) is 2. The Hall–Kier alpha value is -4.15. The second kappa shape index (κ2) is 9.19. The predicted octanol–water partition coefficient (Wildman–Crippen LogP) is 4.72. The van der Waals surface area contributed by atoms with Gasteiger partial charge in [-0.1, -0.05) is 24.2 Å². The molecule has 41 heavy (non-hydrogen) atoms. The van der Waals surface area contributed by atoms with Crippen LogP contribution in [-0.2, 0) is 16.1 Å². The normalized spacial score (nSPS) is 16.5. The smallest absolute Gasteiger partial charge is 0.245 e. The third kappa shape index (κ3) is 3.88. The SMILES string of the molecule is C=CC(=O)N1CC2(CC(n3nc(-c4ccc5nn(CCOC)cc5c4)c4c5c(Cl)c(C)cc(N)c5c(N)nc43)C2)C1. The summed E-state index contributed by atoms with van der Waals surface area (Å²) in [6.07, 6.45) is 5.20. The number of hydrogen-bond acceptors (Lipinski definition) is 7. The number of rotatable bonds is 6. The van der Waals surface area contributed by atoms with Gasteiger partial charge >= 0.3 is 0 Å². The molecular weight excluding hydrogens is 540 g/mol. The molecule has 7 rings (SSSR count). The Kier molecular flexibility index (Phi) is 5.78. The van der Waals surface area contributed by atoms with Crippen LogP contribution in [-0.4, -0.2) is 62.2 Å². The van der Waals surface area contributed by atoms with Crippen LogP contribution in [0.4, 0.5) is 11.5 Å². The quantitative estimate of drug-likeness (QED) is 0.223. The molecule has 4 N–H and O–H groups in total. The number of aromatic nitrogens is 5. The van der Waals surface area contributed by atoms with Crippen LogP contribution < -0.4 is 11.5 Å². The van der Waals surface area contributed by atoms with E-state index in [1.807, 2.05) is 45.6 Å². The minimum atomic E-state index is -0.0182. The van der Waals surface area contributed by atoms with Crippen molar-refractivity contribution in [3.63, 3.8) is 0 Å². The number of ether oxygens (including phenoxy) is 1. The minimum Gasteiger partial charge on any atom is -0.398 e. The monoisotopic (exact) mass is 570 g/mol. The summed E-state index contributed by atoms with van der Waals surface area (Å²) in [4.78, 5) is 18.7. The van der Waals surface area contributed by atoms with Gasteiger partial charge in [0.2, 0.25) is 5.91 Å². The van der Waals surface area contributed by atoms with E-state index in [9.17, 15) is 4.79 Å². The Morgan fingerprint density at radius 2 is 1.98 bits per heavy atom. The summed E-state index contributed by atoms with van der Waals surface area (Å²) in [5.74, 6) is 0.310. The van der Waals surface area contributed by atoms with E-state index in [-0.39, 0.29) is 17.4 Å². The highest BCUT2D eigenvalue weighted by Crippen LogP contribution is 2.55. The zero-order chi connectivity index (χ0) is 28.6. The van der Waals surface area contributed by atoms with Crippen LogP contribution in [0.5, 0.6) is 0 Å². The van der Waals surface area contributed by atoms with E-state index >= 15 is 0 Å². The zero-order valence-corrected chi connectivity index (χ0v) is 23.8. The molecule has 4 heterocycles. The van der Waals surface area contributed by atoms with E-state index in [1.165, 1.54) is 6.08 Å². The van der Waals surface area contributed by atoms with Crippen molar-refractivity contribution in [2.24, 2.45) is 5.41 Å². The number of methoxy groups -OCH3 is 1. The number of nitrogens with two attached hydrogens (primary N) is 2. The summed E-state index contributed by atoms with van der Waals surface area (Å²) >= 11 is 6.98. The average molecular weight is 571 g/mol. The van der Waals surface area contributed by atoms with Crippen LogP contribution in [0.1, 0.15) is 24.4 Å². The molecule has 2 aliphatic rings. The first-order chi connectivity index (χ1) is 19.7. The van der Waals surface area contributed by atoms with Gasteiger partial charge in [0.1, 0.15) is 11.5 Å². The fourth-order valence-electron chi connectivity index (χ4n) is 6.66. The molecule has 3 aromatic heterocycles. The Labute approximate surface area is 241 Å². The molecule has 5 aromatic rings. The first-order valence-corrected chi connectivity index (χ1v) is 14.0. The number of carbonyl (C=O) groups excluding carboxylic acids is 1. The summed E-state index contributed by atoms with van der Waals surface area (Å²) in [6, 6.07) is 8.09. The van der Waals surface area contributed by atoms with E-state index in [1.54, 1.807) is 7.11 Å². The standard InChI is InChI=1S/C30H31ClN8O2/c1-4-22(40)37-14-30(15-37)11-19(12-30)39-29-25(24-23(28(33)34-29)20(32)9-16(2)26(24)31)27(36-39)17-5-6-21-18(10-17)13-38(35-21)7-8-41-3/h4-6,9-10,13,19H,1,7-8,11-12,14-15,32H2,2-3H3,(H2,33,34). The molecule has 0 bridgehead atoms. The van der Waals surface area contributed by atoms with Crippen molar-refractivity contribution in [1.29, 1.82) is 0 Å². The van der Waals surface area contributed by atoms with Gasteiger partial charge in [0, 0.05) is 59.2 Å². The van der Waals surface area contributed by atoms with Crippen molar-refractivity contribution in [2.75, 3.05) is 38.3 Å². The Morgan fingerprint density at radius 3 is 2.71 bits per heavy atom. The fraction of sp³-hybridized carbons (Fsp3) is 0.333. The molecule has 11 heteroatoms. The van der Waals surface area contributed by atoms with E-state index in [4.69, 9.17) is 37.9 Å². The molecule has 0 unspecified atom stereocenters. The summed E-state index contributed by atoms with van der Waals surface area (Å²) in [5.41, 5.74) is 17.8. The molecule has 0 atom stereocenters.